The van der Waals surface area contributed by atoms with Gasteiger partial charge in [0.2, 0.25) is 0 Å². The molecule has 0 amide bonds. The summed E-state index contributed by atoms with van der Waals surface area (Å²) in [6, 6.07) is 3.66. The van der Waals surface area contributed by atoms with E-state index < -0.39 is 0 Å². The molecule has 0 saturated carbocycles. The van der Waals surface area contributed by atoms with Crippen molar-refractivity contribution in [1.29, 1.82) is 0 Å². The average molecular weight is 171 g/mol. The summed E-state index contributed by atoms with van der Waals surface area (Å²) >= 11 is 5.65. The number of alkyl halides is 1. The maximum Gasteiger partial charge on any atom is 0.118 e. The van der Waals surface area contributed by atoms with Crippen molar-refractivity contribution in [3.63, 3.8) is 0 Å². The quantitative estimate of drug-likeness (QED) is 0.643. The van der Waals surface area contributed by atoms with Crippen LogP contribution in [0, 0.1) is 13.8 Å². The lowest BCUT2D eigenvalue weighted by atomic mass is 10.1. The van der Waals surface area contributed by atoms with Crippen molar-refractivity contribution >= 4 is 11.6 Å². The van der Waals surface area contributed by atoms with Gasteiger partial charge in [-0.3, -0.25) is 0 Å². The molecule has 2 heteroatoms. The van der Waals surface area contributed by atoms with E-state index in [4.69, 9.17) is 11.6 Å². The van der Waals surface area contributed by atoms with Crippen molar-refractivity contribution in [2.75, 3.05) is 0 Å². The minimum atomic E-state index is 0.325. The van der Waals surface area contributed by atoms with Crippen LogP contribution in [0.2, 0.25) is 0 Å². The molecule has 0 aliphatic heterocycles. The topological polar surface area (TPSA) is 20.2 Å². The van der Waals surface area contributed by atoms with E-state index in [1.54, 1.807) is 6.07 Å². The SMILES string of the molecule is Cc1cc(C)c(CCl)cc1O. The molecule has 11 heavy (non-hydrogen) atoms. The Balaban J connectivity index is 3.21. The summed E-state index contributed by atoms with van der Waals surface area (Å²) < 4.78 is 0. The molecule has 0 heterocycles. The second-order valence-electron chi connectivity index (χ2n) is 2.70. The fourth-order valence-corrected chi connectivity index (χ4v) is 1.32. The standard InChI is InChI=1S/C9H11ClO/c1-6-3-7(2)9(11)4-8(6)5-10/h3-4,11H,5H2,1-2H3. The first-order valence-electron chi connectivity index (χ1n) is 3.50. The summed E-state index contributed by atoms with van der Waals surface area (Å²) in [5.74, 6) is 0.783. The minimum absolute atomic E-state index is 0.325. The zero-order valence-corrected chi connectivity index (χ0v) is 7.44. The van der Waals surface area contributed by atoms with Crippen LogP contribution in [0.15, 0.2) is 12.1 Å². The third kappa shape index (κ3) is 1.66. The van der Waals surface area contributed by atoms with Crippen molar-refractivity contribution in [2.24, 2.45) is 0 Å². The Hall–Kier alpha value is -0.690. The normalized spacial score (nSPS) is 10.1. The van der Waals surface area contributed by atoms with Gasteiger partial charge in [0.15, 0.2) is 0 Å². The highest BCUT2D eigenvalue weighted by Crippen LogP contribution is 2.22. The third-order valence-electron chi connectivity index (χ3n) is 1.80. The summed E-state index contributed by atoms with van der Waals surface area (Å²) in [6.07, 6.45) is 0. The molecule has 0 aromatic heterocycles. The molecule has 1 aromatic rings. The molecule has 1 rings (SSSR count). The smallest absolute Gasteiger partial charge is 0.118 e. The second kappa shape index (κ2) is 3.14. The molecule has 0 fully saturated rings. The van der Waals surface area contributed by atoms with E-state index in [1.165, 1.54) is 0 Å². The highest BCUT2D eigenvalue weighted by Gasteiger charge is 2.01. The molecule has 0 aliphatic rings. The maximum absolute atomic E-state index is 9.30. The fourth-order valence-electron chi connectivity index (χ4n) is 1.03. The van der Waals surface area contributed by atoms with Gasteiger partial charge in [-0.05, 0) is 36.6 Å². The summed E-state index contributed by atoms with van der Waals surface area (Å²) in [4.78, 5) is 0. The van der Waals surface area contributed by atoms with E-state index in [9.17, 15) is 5.11 Å². The Kier molecular flexibility index (Phi) is 2.40. The van der Waals surface area contributed by atoms with Crippen LogP contribution in [0.25, 0.3) is 0 Å². The van der Waals surface area contributed by atoms with Gasteiger partial charge < -0.3 is 5.11 Å². The number of rotatable bonds is 1. The highest BCUT2D eigenvalue weighted by molar-refractivity contribution is 6.17. The molecule has 1 aromatic carbocycles. The molecular formula is C9H11ClO. The molecule has 0 atom stereocenters. The summed E-state index contributed by atoms with van der Waals surface area (Å²) in [5.41, 5.74) is 3.03. The van der Waals surface area contributed by atoms with Gasteiger partial charge in [-0.1, -0.05) is 6.07 Å². The van der Waals surface area contributed by atoms with Gasteiger partial charge in [-0.15, -0.1) is 11.6 Å². The number of hydrogen-bond acceptors (Lipinski definition) is 1. The third-order valence-corrected chi connectivity index (χ3v) is 2.09. The zero-order valence-electron chi connectivity index (χ0n) is 6.69. The summed E-state index contributed by atoms with van der Waals surface area (Å²) in [7, 11) is 0. The van der Waals surface area contributed by atoms with Gasteiger partial charge in [0.25, 0.3) is 0 Å². The van der Waals surface area contributed by atoms with Gasteiger partial charge in [-0.25, -0.2) is 0 Å². The monoisotopic (exact) mass is 170 g/mol. The Morgan fingerprint density at radius 1 is 1.27 bits per heavy atom. The van der Waals surface area contributed by atoms with Crippen LogP contribution < -0.4 is 0 Å². The Labute approximate surface area is 71.6 Å². The lowest BCUT2D eigenvalue weighted by molar-refractivity contribution is 0.470. The van der Waals surface area contributed by atoms with Crippen LogP contribution >= 0.6 is 11.6 Å². The number of aryl methyl sites for hydroxylation is 2. The van der Waals surface area contributed by atoms with Gasteiger partial charge >= 0.3 is 0 Å². The first-order chi connectivity index (χ1) is 5.15. The number of phenols is 1. The largest absolute Gasteiger partial charge is 0.508 e. The molecule has 1 nitrogen and oxygen atoms in total. The number of hydrogen-bond donors (Lipinski definition) is 1. The van der Waals surface area contributed by atoms with E-state index >= 15 is 0 Å². The molecule has 0 aliphatic carbocycles. The van der Waals surface area contributed by atoms with Crippen LogP contribution in [0.1, 0.15) is 16.7 Å². The Bertz CT molecular complexity index is 269. The van der Waals surface area contributed by atoms with Crippen LogP contribution in [0.4, 0.5) is 0 Å². The van der Waals surface area contributed by atoms with Crippen molar-refractivity contribution in [3.05, 3.63) is 28.8 Å². The molecule has 0 unspecified atom stereocenters. The van der Waals surface area contributed by atoms with Gasteiger partial charge in [0.05, 0.1) is 0 Å². The first kappa shape index (κ1) is 8.41. The minimum Gasteiger partial charge on any atom is -0.508 e. The summed E-state index contributed by atoms with van der Waals surface area (Å²) in [5, 5.41) is 9.30. The van der Waals surface area contributed by atoms with Crippen molar-refractivity contribution in [1.82, 2.24) is 0 Å². The first-order valence-corrected chi connectivity index (χ1v) is 4.03. The molecule has 1 N–H and O–H groups in total. The van der Waals surface area contributed by atoms with E-state index in [0.717, 1.165) is 16.7 Å². The Morgan fingerprint density at radius 3 is 2.45 bits per heavy atom. The second-order valence-corrected chi connectivity index (χ2v) is 2.97. The maximum atomic E-state index is 9.30. The van der Waals surface area contributed by atoms with E-state index in [-0.39, 0.29) is 0 Å². The molecule has 0 spiro atoms. The van der Waals surface area contributed by atoms with Crippen molar-refractivity contribution in [3.8, 4) is 5.75 Å². The predicted octanol–water partition coefficient (Wildman–Crippen LogP) is 2.75. The van der Waals surface area contributed by atoms with Crippen LogP contribution in [-0.4, -0.2) is 5.11 Å². The molecule has 0 bridgehead atoms. The Morgan fingerprint density at radius 2 is 1.91 bits per heavy atom. The van der Waals surface area contributed by atoms with Gasteiger partial charge in [0, 0.05) is 5.88 Å². The lowest BCUT2D eigenvalue weighted by Crippen LogP contribution is -1.86. The fraction of sp³-hybridized carbons (Fsp3) is 0.333. The van der Waals surface area contributed by atoms with Crippen molar-refractivity contribution < 1.29 is 5.11 Å². The van der Waals surface area contributed by atoms with E-state index in [2.05, 4.69) is 0 Å². The van der Waals surface area contributed by atoms with Crippen LogP contribution in [0.3, 0.4) is 0 Å². The predicted molar refractivity (Wildman–Crippen MR) is 47.1 cm³/mol. The molecule has 0 radical (unpaired) electrons. The number of halogens is 1. The number of benzene rings is 1. The van der Waals surface area contributed by atoms with Gasteiger partial charge in [0.1, 0.15) is 5.75 Å². The number of aromatic hydroxyl groups is 1. The lowest BCUT2D eigenvalue weighted by Gasteiger charge is -2.04. The highest BCUT2D eigenvalue weighted by atomic mass is 35.5. The molecule has 0 saturated heterocycles. The van der Waals surface area contributed by atoms with E-state index in [0.29, 0.717) is 11.6 Å². The molecular weight excluding hydrogens is 160 g/mol. The van der Waals surface area contributed by atoms with Gasteiger partial charge in [-0.2, -0.15) is 0 Å². The number of phenolic OH excluding ortho intramolecular Hbond substituents is 1. The summed E-state index contributed by atoms with van der Waals surface area (Å²) in [6.45, 7) is 3.87. The van der Waals surface area contributed by atoms with Crippen LogP contribution in [-0.2, 0) is 5.88 Å². The molecule has 60 valence electrons. The van der Waals surface area contributed by atoms with E-state index in [1.807, 2.05) is 19.9 Å². The zero-order chi connectivity index (χ0) is 8.43. The van der Waals surface area contributed by atoms with Crippen LogP contribution in [0.5, 0.6) is 5.75 Å². The average Bonchev–Trinajstić information content (AvgIpc) is 1.97. The van der Waals surface area contributed by atoms with Crippen molar-refractivity contribution in [2.45, 2.75) is 19.7 Å².